The van der Waals surface area contributed by atoms with Crippen molar-refractivity contribution in [2.75, 3.05) is 0 Å². The zero-order valence-electron chi connectivity index (χ0n) is 20.1. The van der Waals surface area contributed by atoms with Crippen molar-refractivity contribution in [3.63, 3.8) is 0 Å². The minimum atomic E-state index is -2.89. The zero-order valence-corrected chi connectivity index (χ0v) is 20.1. The van der Waals surface area contributed by atoms with Gasteiger partial charge in [0.2, 0.25) is 0 Å². The highest BCUT2D eigenvalue weighted by atomic mass is 19.3. The maximum atomic E-state index is 14.3. The Hall–Kier alpha value is -2.69. The summed E-state index contributed by atoms with van der Waals surface area (Å²) in [4.78, 5) is 13.2. The fourth-order valence-electron chi connectivity index (χ4n) is 4.11. The summed E-state index contributed by atoms with van der Waals surface area (Å²) in [6, 6.07) is 5.77. The van der Waals surface area contributed by atoms with Gasteiger partial charge < -0.3 is 0 Å². The number of alkyl halides is 2. The molecule has 0 saturated heterocycles. The van der Waals surface area contributed by atoms with Gasteiger partial charge in [0, 0.05) is 59.7 Å². The smallest absolute Gasteiger partial charge is 0.264 e. The molecule has 3 rings (SSSR count). The molecule has 0 unspecified atom stereocenters. The van der Waals surface area contributed by atoms with Crippen molar-refractivity contribution < 1.29 is 8.78 Å². The van der Waals surface area contributed by atoms with E-state index in [1.165, 1.54) is 31.5 Å². The van der Waals surface area contributed by atoms with E-state index < -0.39 is 5.92 Å². The molecule has 3 nitrogen and oxygen atoms in total. The molecular weight excluding hydrogens is 416 g/mol. The average Bonchev–Trinajstić information content (AvgIpc) is 2.85. The summed E-state index contributed by atoms with van der Waals surface area (Å²) in [6.45, 7) is 5.87. The number of rotatable bonds is 12. The summed E-state index contributed by atoms with van der Waals surface area (Å²) in [6.07, 6.45) is 16.9. The van der Waals surface area contributed by atoms with Gasteiger partial charge in [0.15, 0.2) is 0 Å². The largest absolute Gasteiger partial charge is 0.274 e. The second kappa shape index (κ2) is 12.0. The first-order valence-electron chi connectivity index (χ1n) is 12.3. The molecule has 0 saturated carbocycles. The van der Waals surface area contributed by atoms with Crippen LogP contribution in [0.3, 0.4) is 0 Å². The van der Waals surface area contributed by atoms with Crippen molar-refractivity contribution >= 4 is 0 Å². The summed E-state index contributed by atoms with van der Waals surface area (Å²) in [7, 11) is 0. The Morgan fingerprint density at radius 2 is 1.48 bits per heavy atom. The highest BCUT2D eigenvalue weighted by Gasteiger charge is 2.29. The van der Waals surface area contributed by atoms with Gasteiger partial charge >= 0.3 is 0 Å². The lowest BCUT2D eigenvalue weighted by molar-refractivity contribution is -0.00857. The van der Waals surface area contributed by atoms with Crippen molar-refractivity contribution in [2.45, 2.75) is 84.5 Å². The number of aromatic nitrogens is 3. The number of hydrogen-bond donors (Lipinski definition) is 0. The lowest BCUT2D eigenvalue weighted by Gasteiger charge is -2.17. The molecule has 33 heavy (non-hydrogen) atoms. The van der Waals surface area contributed by atoms with E-state index in [9.17, 15) is 8.78 Å². The van der Waals surface area contributed by atoms with Gasteiger partial charge in [0.1, 0.15) is 0 Å². The van der Waals surface area contributed by atoms with Crippen LogP contribution in [-0.2, 0) is 18.8 Å². The number of nitrogens with zero attached hydrogens (tertiary/aromatic N) is 3. The van der Waals surface area contributed by atoms with E-state index in [0.29, 0.717) is 5.56 Å². The summed E-state index contributed by atoms with van der Waals surface area (Å²) >= 11 is 0. The van der Waals surface area contributed by atoms with Crippen molar-refractivity contribution in [1.82, 2.24) is 15.0 Å². The fraction of sp³-hybridized carbons (Fsp3) is 0.464. The Morgan fingerprint density at radius 3 is 2.18 bits per heavy atom. The molecule has 0 radical (unpaired) electrons. The van der Waals surface area contributed by atoms with Gasteiger partial charge in [-0.3, -0.25) is 15.0 Å². The molecular formula is C28H35F2N3. The molecule has 5 heteroatoms. The highest BCUT2D eigenvalue weighted by molar-refractivity contribution is 5.71. The number of hydrogen-bond acceptors (Lipinski definition) is 3. The average molecular weight is 452 g/mol. The molecule has 3 aromatic heterocycles. The van der Waals surface area contributed by atoms with E-state index in [1.807, 2.05) is 18.6 Å². The topological polar surface area (TPSA) is 38.7 Å². The first-order valence-corrected chi connectivity index (χ1v) is 12.3. The van der Waals surface area contributed by atoms with Gasteiger partial charge in [-0.15, -0.1) is 0 Å². The normalized spacial score (nSPS) is 11.7. The SMILES string of the molecule is CCCCCc1cc(-c2cnccc2CCCCC)ncc1-c1cncc(C(F)(F)CC)c1. The first-order chi connectivity index (χ1) is 16.0. The molecule has 0 aliphatic carbocycles. The molecule has 0 bridgehead atoms. The van der Waals surface area contributed by atoms with Crippen LogP contribution in [0.25, 0.3) is 22.4 Å². The third kappa shape index (κ3) is 6.43. The molecule has 0 aliphatic heterocycles. The van der Waals surface area contributed by atoms with E-state index in [1.54, 1.807) is 12.3 Å². The zero-order chi connectivity index (χ0) is 23.7. The number of halogens is 2. The lowest BCUT2D eigenvalue weighted by Crippen LogP contribution is -2.12. The second-order valence-corrected chi connectivity index (χ2v) is 8.69. The van der Waals surface area contributed by atoms with Crippen LogP contribution in [0.1, 0.15) is 82.4 Å². The fourth-order valence-corrected chi connectivity index (χ4v) is 4.11. The standard InChI is InChI=1S/C28H35F2N3/c1-4-7-9-11-21-13-14-31-19-26(21)27-16-22(12-10-8-5-2)25(20-33-27)23-15-24(18-32-17-23)28(29,30)6-3/h13-20H,4-12H2,1-3H3. The van der Waals surface area contributed by atoms with Crippen molar-refractivity contribution in [2.24, 2.45) is 0 Å². The molecule has 0 amide bonds. The molecule has 0 atom stereocenters. The van der Waals surface area contributed by atoms with Crippen LogP contribution in [0.5, 0.6) is 0 Å². The van der Waals surface area contributed by atoms with Crippen LogP contribution in [0, 0.1) is 0 Å². The quantitative estimate of drug-likeness (QED) is 0.261. The summed E-state index contributed by atoms with van der Waals surface area (Å²) in [5, 5.41) is 0. The van der Waals surface area contributed by atoms with Crippen molar-refractivity contribution in [3.8, 4) is 22.4 Å². The van der Waals surface area contributed by atoms with E-state index in [0.717, 1.165) is 60.9 Å². The minimum absolute atomic E-state index is 0.0449. The van der Waals surface area contributed by atoms with Crippen LogP contribution >= 0.6 is 0 Å². The third-order valence-electron chi connectivity index (χ3n) is 6.19. The summed E-state index contributed by atoms with van der Waals surface area (Å²) < 4.78 is 28.6. The minimum Gasteiger partial charge on any atom is -0.264 e. The Balaban J connectivity index is 2.02. The van der Waals surface area contributed by atoms with E-state index in [2.05, 4.69) is 35.9 Å². The van der Waals surface area contributed by atoms with E-state index in [4.69, 9.17) is 4.98 Å². The van der Waals surface area contributed by atoms with Gasteiger partial charge in [-0.05, 0) is 55.0 Å². The predicted molar refractivity (Wildman–Crippen MR) is 131 cm³/mol. The third-order valence-corrected chi connectivity index (χ3v) is 6.19. The van der Waals surface area contributed by atoms with Crippen molar-refractivity contribution in [3.05, 3.63) is 65.9 Å². The monoisotopic (exact) mass is 451 g/mol. The Labute approximate surface area is 196 Å². The van der Waals surface area contributed by atoms with Crippen molar-refractivity contribution in [1.29, 1.82) is 0 Å². The van der Waals surface area contributed by atoms with Crippen LogP contribution in [0.15, 0.2) is 49.2 Å². The van der Waals surface area contributed by atoms with Gasteiger partial charge in [0.25, 0.3) is 5.92 Å². The predicted octanol–water partition coefficient (Wildman–Crippen LogP) is 8.17. The molecule has 3 heterocycles. The maximum absolute atomic E-state index is 14.3. The number of aryl methyl sites for hydroxylation is 2. The van der Waals surface area contributed by atoms with Crippen LogP contribution in [0.4, 0.5) is 8.78 Å². The van der Waals surface area contributed by atoms with Crippen LogP contribution < -0.4 is 0 Å². The highest BCUT2D eigenvalue weighted by Crippen LogP contribution is 2.35. The Kier molecular flexibility index (Phi) is 9.04. The maximum Gasteiger partial charge on any atom is 0.274 e. The summed E-state index contributed by atoms with van der Waals surface area (Å²) in [5.41, 5.74) is 5.86. The first kappa shape index (κ1) is 24.9. The van der Waals surface area contributed by atoms with Gasteiger partial charge in [-0.1, -0.05) is 46.5 Å². The van der Waals surface area contributed by atoms with E-state index >= 15 is 0 Å². The van der Waals surface area contributed by atoms with Crippen LogP contribution in [-0.4, -0.2) is 15.0 Å². The molecule has 3 aromatic rings. The second-order valence-electron chi connectivity index (χ2n) is 8.69. The molecule has 0 fully saturated rings. The van der Waals surface area contributed by atoms with Gasteiger partial charge in [-0.2, -0.15) is 0 Å². The Morgan fingerprint density at radius 1 is 0.758 bits per heavy atom. The number of unbranched alkanes of at least 4 members (excludes halogenated alkanes) is 4. The van der Waals surface area contributed by atoms with Gasteiger partial charge in [-0.25, -0.2) is 8.78 Å². The number of pyridine rings is 3. The molecule has 0 N–H and O–H groups in total. The Bertz CT molecular complexity index is 1030. The summed E-state index contributed by atoms with van der Waals surface area (Å²) in [5.74, 6) is -2.89. The molecule has 0 aromatic carbocycles. The van der Waals surface area contributed by atoms with Gasteiger partial charge in [0.05, 0.1) is 5.69 Å². The molecule has 0 aliphatic rings. The van der Waals surface area contributed by atoms with Crippen LogP contribution in [0.2, 0.25) is 0 Å². The van der Waals surface area contributed by atoms with E-state index in [-0.39, 0.29) is 12.0 Å². The molecule has 176 valence electrons. The lowest BCUT2D eigenvalue weighted by atomic mass is 9.94. The molecule has 0 spiro atoms.